The van der Waals surface area contributed by atoms with Crippen LogP contribution in [0.5, 0.6) is 5.75 Å². The van der Waals surface area contributed by atoms with Crippen molar-refractivity contribution in [3.05, 3.63) is 57.1 Å². The molecule has 2 heterocycles. The number of fused-ring (bicyclic) bond motifs is 1. The molecule has 0 bridgehead atoms. The number of amides is 2. The van der Waals surface area contributed by atoms with Gasteiger partial charge in [0.1, 0.15) is 10.6 Å². The maximum Gasteiger partial charge on any atom is 0.272 e. The first-order valence-corrected chi connectivity index (χ1v) is 13.0. The van der Waals surface area contributed by atoms with Crippen LogP contribution in [0.3, 0.4) is 0 Å². The monoisotopic (exact) mass is 525 g/mol. The van der Waals surface area contributed by atoms with E-state index in [0.717, 1.165) is 13.1 Å². The summed E-state index contributed by atoms with van der Waals surface area (Å²) in [4.78, 5) is 29.9. The number of nitrogens with zero attached hydrogens (tertiary/aromatic N) is 3. The molecule has 0 atom stereocenters. The van der Waals surface area contributed by atoms with Crippen molar-refractivity contribution in [1.82, 2.24) is 14.1 Å². The first kappa shape index (κ1) is 24.8. The summed E-state index contributed by atoms with van der Waals surface area (Å²) >= 11 is 12.8. The summed E-state index contributed by atoms with van der Waals surface area (Å²) < 4.78 is 32.4. The topological polar surface area (TPSA) is 87.2 Å². The molecule has 34 heavy (non-hydrogen) atoms. The largest absolute Gasteiger partial charge is 0.470 e. The van der Waals surface area contributed by atoms with Crippen LogP contribution in [0.1, 0.15) is 46.0 Å². The van der Waals surface area contributed by atoms with E-state index in [4.69, 9.17) is 27.9 Å². The summed E-state index contributed by atoms with van der Waals surface area (Å²) in [6, 6.07) is 7.70. The van der Waals surface area contributed by atoms with Gasteiger partial charge < -0.3 is 14.5 Å². The second-order valence-corrected chi connectivity index (χ2v) is 11.3. The average molecular weight is 526 g/mol. The normalized spacial score (nSPS) is 17.9. The van der Waals surface area contributed by atoms with Crippen LogP contribution in [-0.4, -0.2) is 74.3 Å². The minimum Gasteiger partial charge on any atom is -0.470 e. The maximum absolute atomic E-state index is 13.1. The number of halogens is 2. The van der Waals surface area contributed by atoms with E-state index in [1.807, 2.05) is 20.9 Å². The van der Waals surface area contributed by atoms with Crippen LogP contribution < -0.4 is 4.74 Å². The van der Waals surface area contributed by atoms with E-state index < -0.39 is 22.7 Å². The molecule has 11 heteroatoms. The van der Waals surface area contributed by atoms with E-state index in [1.165, 1.54) is 18.2 Å². The second kappa shape index (κ2) is 9.37. The van der Waals surface area contributed by atoms with Gasteiger partial charge in [-0.05, 0) is 36.7 Å². The zero-order valence-corrected chi connectivity index (χ0v) is 21.4. The number of benzene rings is 2. The minimum absolute atomic E-state index is 0.0270. The van der Waals surface area contributed by atoms with Crippen LogP contribution in [0.15, 0.2) is 35.2 Å². The molecule has 1 fully saturated rings. The molecule has 2 aliphatic rings. The number of hydrogen-bond donors (Lipinski definition) is 0. The molecule has 2 aromatic carbocycles. The Morgan fingerprint density at radius 1 is 1.09 bits per heavy atom. The van der Waals surface area contributed by atoms with E-state index in [-0.39, 0.29) is 43.6 Å². The van der Waals surface area contributed by atoms with Crippen molar-refractivity contribution >= 4 is 45.0 Å². The second-order valence-electron chi connectivity index (χ2n) is 8.64. The molecule has 1 saturated heterocycles. The summed E-state index contributed by atoms with van der Waals surface area (Å²) in [5, 5.41) is 0.140. The highest BCUT2D eigenvalue weighted by Gasteiger charge is 2.43. The highest BCUT2D eigenvalue weighted by molar-refractivity contribution is 7.90. The predicted octanol–water partition coefficient (Wildman–Crippen LogP) is 3.69. The molecule has 4 rings (SSSR count). The van der Waals surface area contributed by atoms with Crippen molar-refractivity contribution in [1.29, 1.82) is 0 Å². The number of rotatable bonds is 5. The van der Waals surface area contributed by atoms with E-state index in [0.29, 0.717) is 23.0 Å². The molecular formula is C23H25Cl2N3O5S. The van der Waals surface area contributed by atoms with Crippen molar-refractivity contribution in [3.8, 4) is 5.75 Å². The third kappa shape index (κ3) is 4.26. The van der Waals surface area contributed by atoms with Gasteiger partial charge in [-0.1, -0.05) is 49.2 Å². The van der Waals surface area contributed by atoms with E-state index >= 15 is 0 Å². The summed E-state index contributed by atoms with van der Waals surface area (Å²) in [5.41, 5.74) is 0.902. The fourth-order valence-corrected chi connectivity index (χ4v) is 6.13. The molecule has 0 radical (unpaired) electrons. The van der Waals surface area contributed by atoms with Crippen molar-refractivity contribution in [3.63, 3.8) is 0 Å². The fraction of sp³-hybridized carbons (Fsp3) is 0.391. The van der Waals surface area contributed by atoms with Gasteiger partial charge in [-0.2, -0.15) is 4.31 Å². The fourth-order valence-electron chi connectivity index (χ4n) is 4.09. The molecule has 2 aliphatic heterocycles. The number of sulfonamides is 1. The number of carbonyl (C=O) groups is 2. The molecule has 0 aliphatic carbocycles. The Kier molecular flexibility index (Phi) is 6.83. The Balaban J connectivity index is 1.59. The van der Waals surface area contributed by atoms with Gasteiger partial charge in [-0.25, -0.2) is 8.42 Å². The number of piperazine rings is 1. The van der Waals surface area contributed by atoms with Gasteiger partial charge in [0.15, 0.2) is 6.73 Å². The lowest BCUT2D eigenvalue weighted by atomic mass is 9.97. The smallest absolute Gasteiger partial charge is 0.272 e. The van der Waals surface area contributed by atoms with E-state index in [2.05, 4.69) is 4.90 Å². The zero-order valence-electron chi connectivity index (χ0n) is 19.0. The van der Waals surface area contributed by atoms with Gasteiger partial charge in [0.25, 0.3) is 21.8 Å². The van der Waals surface area contributed by atoms with Gasteiger partial charge in [0, 0.05) is 26.2 Å². The highest BCUT2D eigenvalue weighted by Crippen LogP contribution is 2.37. The van der Waals surface area contributed by atoms with Crippen molar-refractivity contribution in [2.75, 3.05) is 40.0 Å². The lowest BCUT2D eigenvalue weighted by molar-refractivity contribution is 0.0662. The molecule has 0 N–H and O–H groups in total. The van der Waals surface area contributed by atoms with Crippen molar-refractivity contribution in [2.24, 2.45) is 0 Å². The van der Waals surface area contributed by atoms with E-state index in [1.54, 1.807) is 17.0 Å². The number of carbonyl (C=O) groups excluding carboxylic acids is 2. The van der Waals surface area contributed by atoms with Crippen LogP contribution in [-0.2, 0) is 10.0 Å². The number of hydrogen-bond acceptors (Lipinski definition) is 6. The van der Waals surface area contributed by atoms with Gasteiger partial charge in [-0.15, -0.1) is 0 Å². The molecule has 182 valence electrons. The molecule has 0 spiro atoms. The summed E-state index contributed by atoms with van der Waals surface area (Å²) in [5.74, 6) is -0.957. The van der Waals surface area contributed by atoms with Gasteiger partial charge in [-0.3, -0.25) is 9.59 Å². The van der Waals surface area contributed by atoms with Crippen LogP contribution >= 0.6 is 23.2 Å². The Labute approximate surface area is 209 Å². The highest BCUT2D eigenvalue weighted by atomic mass is 35.5. The molecule has 0 unspecified atom stereocenters. The van der Waals surface area contributed by atoms with Crippen LogP contribution in [0, 0.1) is 0 Å². The minimum atomic E-state index is -4.08. The van der Waals surface area contributed by atoms with Crippen molar-refractivity contribution < 1.29 is 22.7 Å². The summed E-state index contributed by atoms with van der Waals surface area (Å²) in [6.45, 7) is 5.71. The SMILES string of the molecule is CC(C)c1cccc2c1C(=O)N(COc1ccc(Cl)c(C(=O)N3CCN(C)CC3)c1Cl)S2(=O)=O. The Morgan fingerprint density at radius 3 is 2.41 bits per heavy atom. The van der Waals surface area contributed by atoms with Crippen LogP contribution in [0.4, 0.5) is 0 Å². The maximum atomic E-state index is 13.1. The standard InChI is InChI=1S/C23H25Cl2N3O5S/c1-14(2)15-5-4-6-18-19(15)23(30)28(34(18,31)32)13-33-17-8-7-16(24)20(21(17)25)22(29)27-11-9-26(3)10-12-27/h4-8,14H,9-13H2,1-3H3. The molecular weight excluding hydrogens is 501 g/mol. The number of likely N-dealkylation sites (N-methyl/N-ethyl adjacent to an activating group) is 1. The van der Waals surface area contributed by atoms with Gasteiger partial charge in [0.2, 0.25) is 0 Å². The molecule has 2 aromatic rings. The van der Waals surface area contributed by atoms with Crippen molar-refractivity contribution in [2.45, 2.75) is 24.7 Å². The lowest BCUT2D eigenvalue weighted by Crippen LogP contribution is -2.47. The lowest BCUT2D eigenvalue weighted by Gasteiger charge is -2.32. The van der Waals surface area contributed by atoms with Crippen LogP contribution in [0.25, 0.3) is 0 Å². The summed E-state index contributed by atoms with van der Waals surface area (Å²) in [6.07, 6.45) is 0. The van der Waals surface area contributed by atoms with Gasteiger partial charge in [0.05, 0.1) is 21.2 Å². The first-order chi connectivity index (χ1) is 16.0. The Bertz CT molecular complexity index is 1260. The third-order valence-electron chi connectivity index (χ3n) is 6.09. The van der Waals surface area contributed by atoms with E-state index in [9.17, 15) is 18.0 Å². The third-order valence-corrected chi connectivity index (χ3v) is 8.52. The Morgan fingerprint density at radius 2 is 1.76 bits per heavy atom. The van der Waals surface area contributed by atoms with Crippen LogP contribution in [0.2, 0.25) is 10.0 Å². The first-order valence-electron chi connectivity index (χ1n) is 10.8. The molecule has 8 nitrogen and oxygen atoms in total. The van der Waals surface area contributed by atoms with Gasteiger partial charge >= 0.3 is 0 Å². The zero-order chi connectivity index (χ0) is 24.8. The predicted molar refractivity (Wildman–Crippen MR) is 129 cm³/mol. The molecule has 2 amide bonds. The average Bonchev–Trinajstić information content (AvgIpc) is 2.99. The Hall–Kier alpha value is -2.33. The summed E-state index contributed by atoms with van der Waals surface area (Å²) in [7, 11) is -2.10. The molecule has 0 saturated carbocycles. The quantitative estimate of drug-likeness (QED) is 0.591. The number of ether oxygens (including phenoxy) is 1. The molecule has 0 aromatic heterocycles.